The Labute approximate surface area is 302 Å². The number of hydrogen-bond donors (Lipinski definition) is 0. The van der Waals surface area contributed by atoms with Gasteiger partial charge in [-0.05, 0) is 98.1 Å². The van der Waals surface area contributed by atoms with Crippen molar-refractivity contribution in [3.05, 3.63) is 200 Å². The lowest BCUT2D eigenvalue weighted by atomic mass is 9.93. The Balaban J connectivity index is 1.23. The third kappa shape index (κ3) is 5.12. The quantitative estimate of drug-likeness (QED) is 0.176. The lowest BCUT2D eigenvalue weighted by molar-refractivity contribution is 0.672. The molecule has 9 aromatic carbocycles. The molecule has 0 atom stereocenters. The molecule has 0 aliphatic rings. The van der Waals surface area contributed by atoms with E-state index in [4.69, 9.17) is 4.42 Å². The summed E-state index contributed by atoms with van der Waals surface area (Å²) in [6, 6.07) is 71.6. The number of benzene rings is 9. The second-order valence-corrected chi connectivity index (χ2v) is 13.3. The van der Waals surface area contributed by atoms with Crippen LogP contribution in [-0.4, -0.2) is 0 Å². The normalized spacial score (nSPS) is 11.5. The lowest BCUT2D eigenvalue weighted by Crippen LogP contribution is -2.10. The highest BCUT2D eigenvalue weighted by atomic mass is 16.3. The van der Waals surface area contributed by atoms with Crippen LogP contribution < -0.4 is 4.90 Å². The summed E-state index contributed by atoms with van der Waals surface area (Å²) in [5, 5.41) is 6.93. The maximum Gasteiger partial charge on any atom is 0.143 e. The minimum absolute atomic E-state index is 0.860. The van der Waals surface area contributed by atoms with Gasteiger partial charge in [-0.25, -0.2) is 0 Å². The van der Waals surface area contributed by atoms with Crippen molar-refractivity contribution in [3.8, 4) is 33.4 Å². The summed E-state index contributed by atoms with van der Waals surface area (Å²) in [5.41, 5.74) is 12.1. The molecule has 0 bridgehead atoms. The van der Waals surface area contributed by atoms with Crippen molar-refractivity contribution < 1.29 is 4.42 Å². The average molecular weight is 664 g/mol. The molecule has 0 aliphatic heterocycles. The summed E-state index contributed by atoms with van der Waals surface area (Å²) >= 11 is 0. The number of hydrogen-bond acceptors (Lipinski definition) is 2. The zero-order valence-electron chi connectivity index (χ0n) is 28.4. The molecule has 0 aliphatic carbocycles. The number of fused-ring (bicyclic) bond motifs is 6. The highest BCUT2D eigenvalue weighted by Crippen LogP contribution is 2.47. The second-order valence-electron chi connectivity index (χ2n) is 13.3. The van der Waals surface area contributed by atoms with E-state index in [1.807, 2.05) is 0 Å². The largest absolute Gasteiger partial charge is 0.455 e. The molecule has 52 heavy (non-hydrogen) atoms. The summed E-state index contributed by atoms with van der Waals surface area (Å²) in [6.45, 7) is 0. The first-order chi connectivity index (χ1) is 25.8. The van der Waals surface area contributed by atoms with Crippen molar-refractivity contribution in [1.82, 2.24) is 0 Å². The molecule has 2 heteroatoms. The first-order valence-electron chi connectivity index (χ1n) is 17.8. The molecular weight excluding hydrogens is 631 g/mol. The number of rotatable bonds is 6. The van der Waals surface area contributed by atoms with Crippen LogP contribution in [0.15, 0.2) is 205 Å². The summed E-state index contributed by atoms with van der Waals surface area (Å²) in [6.07, 6.45) is 0. The molecule has 10 aromatic rings. The SMILES string of the molecule is c1ccc(-c2ccc(N(c3cccc(-c4ccccc4)c3)c3cccc4oc5c6ccccc6c(-c6ccc7ccccc7c6)cc5c34)cc2)cc1. The van der Waals surface area contributed by atoms with Crippen LogP contribution in [0, 0.1) is 0 Å². The second kappa shape index (κ2) is 12.5. The van der Waals surface area contributed by atoms with Crippen LogP contribution >= 0.6 is 0 Å². The van der Waals surface area contributed by atoms with E-state index < -0.39 is 0 Å². The Bertz CT molecular complexity index is 2890. The molecule has 1 aromatic heterocycles. The smallest absolute Gasteiger partial charge is 0.143 e. The third-order valence-electron chi connectivity index (χ3n) is 10.2. The molecule has 2 nitrogen and oxygen atoms in total. The molecule has 0 saturated carbocycles. The van der Waals surface area contributed by atoms with Gasteiger partial charge in [0.05, 0.1) is 11.1 Å². The molecule has 0 spiro atoms. The van der Waals surface area contributed by atoms with E-state index in [1.54, 1.807) is 0 Å². The zero-order valence-corrected chi connectivity index (χ0v) is 28.4. The number of nitrogens with zero attached hydrogens (tertiary/aromatic N) is 1. The average Bonchev–Trinajstić information content (AvgIpc) is 3.61. The topological polar surface area (TPSA) is 16.4 Å². The minimum Gasteiger partial charge on any atom is -0.455 e. The van der Waals surface area contributed by atoms with Gasteiger partial charge in [-0.2, -0.15) is 0 Å². The van der Waals surface area contributed by atoms with Crippen molar-refractivity contribution in [2.75, 3.05) is 4.90 Å². The standard InChI is InChI=1S/C50H33NO/c1-3-13-34(14-4-1)37-27-29-41(30-28-37)51(42-20-11-19-39(32-42)35-15-5-2-6-16-35)47-23-12-24-48-49(47)46-33-45(43-21-9-10-22-44(43)50(46)52-48)40-26-25-36-17-7-8-18-38(36)31-40/h1-33H. The van der Waals surface area contributed by atoms with E-state index in [-0.39, 0.29) is 0 Å². The van der Waals surface area contributed by atoms with E-state index in [1.165, 1.54) is 44.0 Å². The van der Waals surface area contributed by atoms with Gasteiger partial charge in [-0.15, -0.1) is 0 Å². The Morgan fingerprint density at radius 3 is 1.75 bits per heavy atom. The molecule has 0 N–H and O–H groups in total. The fraction of sp³-hybridized carbons (Fsp3) is 0. The van der Waals surface area contributed by atoms with Crippen LogP contribution in [-0.2, 0) is 0 Å². The maximum atomic E-state index is 6.83. The fourth-order valence-electron chi connectivity index (χ4n) is 7.73. The number of anilines is 3. The predicted molar refractivity (Wildman–Crippen MR) is 220 cm³/mol. The Hall–Kier alpha value is -6.90. The van der Waals surface area contributed by atoms with E-state index in [2.05, 4.69) is 205 Å². The molecule has 0 unspecified atom stereocenters. The van der Waals surface area contributed by atoms with Crippen LogP contribution in [0.1, 0.15) is 0 Å². The predicted octanol–water partition coefficient (Wildman–Crippen LogP) is 14.4. The highest BCUT2D eigenvalue weighted by molar-refractivity contribution is 6.22. The molecule has 244 valence electrons. The maximum absolute atomic E-state index is 6.83. The summed E-state index contributed by atoms with van der Waals surface area (Å²) in [4.78, 5) is 2.38. The lowest BCUT2D eigenvalue weighted by Gasteiger charge is -2.27. The van der Waals surface area contributed by atoms with Crippen LogP contribution in [0.5, 0.6) is 0 Å². The van der Waals surface area contributed by atoms with Gasteiger partial charge in [-0.1, -0.05) is 152 Å². The van der Waals surface area contributed by atoms with Crippen LogP contribution in [0.25, 0.3) is 76.9 Å². The molecule has 0 radical (unpaired) electrons. The third-order valence-corrected chi connectivity index (χ3v) is 10.2. The highest BCUT2D eigenvalue weighted by Gasteiger charge is 2.22. The van der Waals surface area contributed by atoms with Crippen LogP contribution in [0.4, 0.5) is 17.1 Å². The van der Waals surface area contributed by atoms with Crippen LogP contribution in [0.2, 0.25) is 0 Å². The van der Waals surface area contributed by atoms with Gasteiger partial charge in [0.15, 0.2) is 0 Å². The van der Waals surface area contributed by atoms with E-state index >= 15 is 0 Å². The summed E-state index contributed by atoms with van der Waals surface area (Å²) < 4.78 is 6.83. The summed E-state index contributed by atoms with van der Waals surface area (Å²) in [5.74, 6) is 0. The van der Waals surface area contributed by atoms with E-state index in [9.17, 15) is 0 Å². The van der Waals surface area contributed by atoms with Gasteiger partial charge >= 0.3 is 0 Å². The molecule has 0 amide bonds. The molecule has 0 saturated heterocycles. The van der Waals surface area contributed by atoms with Gasteiger partial charge < -0.3 is 9.32 Å². The van der Waals surface area contributed by atoms with Gasteiger partial charge in [-0.3, -0.25) is 0 Å². The fourth-order valence-corrected chi connectivity index (χ4v) is 7.73. The molecule has 10 rings (SSSR count). The number of furan rings is 1. The Kier molecular flexibility index (Phi) is 7.18. The van der Waals surface area contributed by atoms with Crippen LogP contribution in [0.3, 0.4) is 0 Å². The van der Waals surface area contributed by atoms with Gasteiger partial charge in [0, 0.05) is 22.1 Å². The van der Waals surface area contributed by atoms with Crippen molar-refractivity contribution in [3.63, 3.8) is 0 Å². The van der Waals surface area contributed by atoms with Crippen molar-refractivity contribution in [2.24, 2.45) is 0 Å². The van der Waals surface area contributed by atoms with Crippen molar-refractivity contribution in [1.29, 1.82) is 0 Å². The van der Waals surface area contributed by atoms with E-state index in [0.717, 1.165) is 50.0 Å². The van der Waals surface area contributed by atoms with E-state index in [0.29, 0.717) is 0 Å². The van der Waals surface area contributed by atoms with Crippen molar-refractivity contribution >= 4 is 60.5 Å². The Morgan fingerprint density at radius 1 is 0.346 bits per heavy atom. The molecule has 0 fully saturated rings. The van der Waals surface area contributed by atoms with Gasteiger partial charge in [0.2, 0.25) is 0 Å². The zero-order chi connectivity index (χ0) is 34.4. The molecule has 1 heterocycles. The Morgan fingerprint density at radius 2 is 0.962 bits per heavy atom. The van der Waals surface area contributed by atoms with Crippen molar-refractivity contribution in [2.45, 2.75) is 0 Å². The first kappa shape index (κ1) is 30.0. The minimum atomic E-state index is 0.860. The first-order valence-corrected chi connectivity index (χ1v) is 17.8. The summed E-state index contributed by atoms with van der Waals surface area (Å²) in [7, 11) is 0. The molecular formula is C50H33NO. The monoisotopic (exact) mass is 663 g/mol. The van der Waals surface area contributed by atoms with Gasteiger partial charge in [0.1, 0.15) is 11.2 Å². The van der Waals surface area contributed by atoms with Gasteiger partial charge in [0.25, 0.3) is 0 Å².